The molecule has 0 aliphatic carbocycles. The minimum absolute atomic E-state index is 0.110. The molecule has 0 aromatic heterocycles. The first-order chi connectivity index (χ1) is 8.66. The largest absolute Gasteiger partial charge is 0.348 e. The Balaban J connectivity index is 2.06. The lowest BCUT2D eigenvalue weighted by Crippen LogP contribution is -2.23. The highest BCUT2D eigenvalue weighted by atomic mass is 79.9. The molecular formula is C14H12BrNOS. The molecule has 0 fully saturated rings. The monoisotopic (exact) mass is 321 g/mol. The van der Waals surface area contributed by atoms with Crippen LogP contribution >= 0.6 is 28.6 Å². The Kier molecular flexibility index (Phi) is 4.44. The van der Waals surface area contributed by atoms with Gasteiger partial charge in [0, 0.05) is 15.9 Å². The number of carbonyl (C=O) groups is 1. The zero-order valence-corrected chi connectivity index (χ0v) is 12.0. The zero-order valence-electron chi connectivity index (χ0n) is 9.56. The number of hydrogen-bond donors (Lipinski definition) is 2. The van der Waals surface area contributed by atoms with E-state index in [2.05, 4.69) is 33.9 Å². The molecular weight excluding hydrogens is 310 g/mol. The van der Waals surface area contributed by atoms with Gasteiger partial charge in [0.25, 0.3) is 5.91 Å². The van der Waals surface area contributed by atoms with Crippen molar-refractivity contribution in [2.75, 3.05) is 0 Å². The maximum absolute atomic E-state index is 12.0. The lowest BCUT2D eigenvalue weighted by atomic mass is 10.2. The second-order valence-corrected chi connectivity index (χ2v) is 5.20. The van der Waals surface area contributed by atoms with Gasteiger partial charge in [0.05, 0.1) is 5.56 Å². The van der Waals surface area contributed by atoms with Gasteiger partial charge >= 0.3 is 0 Å². The lowest BCUT2D eigenvalue weighted by molar-refractivity contribution is 0.0950. The third kappa shape index (κ3) is 3.37. The topological polar surface area (TPSA) is 29.1 Å². The van der Waals surface area contributed by atoms with Gasteiger partial charge in [-0.1, -0.05) is 30.3 Å². The van der Waals surface area contributed by atoms with Crippen LogP contribution in [0.5, 0.6) is 0 Å². The molecule has 2 aromatic rings. The SMILES string of the molecule is O=C(NCc1ccccc1)c1cc(S)ccc1Br. The second kappa shape index (κ2) is 6.07. The molecule has 0 aliphatic heterocycles. The van der Waals surface area contributed by atoms with Gasteiger partial charge in [-0.2, -0.15) is 0 Å². The highest BCUT2D eigenvalue weighted by Gasteiger charge is 2.09. The summed E-state index contributed by atoms with van der Waals surface area (Å²) in [6, 6.07) is 15.2. The number of amides is 1. The number of nitrogens with one attached hydrogen (secondary N) is 1. The van der Waals surface area contributed by atoms with Crippen LogP contribution in [0.15, 0.2) is 57.9 Å². The summed E-state index contributed by atoms with van der Waals surface area (Å²) in [7, 11) is 0. The molecule has 0 unspecified atom stereocenters. The van der Waals surface area contributed by atoms with Crippen molar-refractivity contribution in [1.82, 2.24) is 5.32 Å². The summed E-state index contributed by atoms with van der Waals surface area (Å²) in [4.78, 5) is 12.8. The van der Waals surface area contributed by atoms with E-state index in [9.17, 15) is 4.79 Å². The molecule has 92 valence electrons. The fraction of sp³-hybridized carbons (Fsp3) is 0.0714. The zero-order chi connectivity index (χ0) is 13.0. The Hall–Kier alpha value is -1.26. The van der Waals surface area contributed by atoms with Gasteiger partial charge in [0.2, 0.25) is 0 Å². The van der Waals surface area contributed by atoms with Crippen LogP contribution in [-0.2, 0) is 6.54 Å². The lowest BCUT2D eigenvalue weighted by Gasteiger charge is -2.07. The molecule has 0 saturated heterocycles. The summed E-state index contributed by atoms with van der Waals surface area (Å²) >= 11 is 7.60. The van der Waals surface area contributed by atoms with Crippen LogP contribution in [0.25, 0.3) is 0 Å². The molecule has 2 aromatic carbocycles. The molecule has 0 aliphatic rings. The van der Waals surface area contributed by atoms with E-state index in [1.54, 1.807) is 6.07 Å². The molecule has 2 rings (SSSR count). The van der Waals surface area contributed by atoms with Gasteiger partial charge in [-0.15, -0.1) is 12.6 Å². The number of hydrogen-bond acceptors (Lipinski definition) is 2. The fourth-order valence-corrected chi connectivity index (χ4v) is 2.19. The Morgan fingerprint density at radius 1 is 1.17 bits per heavy atom. The van der Waals surface area contributed by atoms with E-state index in [1.165, 1.54) is 0 Å². The number of benzene rings is 2. The van der Waals surface area contributed by atoms with Crippen molar-refractivity contribution in [3.63, 3.8) is 0 Å². The summed E-state index contributed by atoms with van der Waals surface area (Å²) in [6.45, 7) is 0.517. The molecule has 0 radical (unpaired) electrons. The number of carbonyl (C=O) groups excluding carboxylic acids is 1. The van der Waals surface area contributed by atoms with Crippen molar-refractivity contribution < 1.29 is 4.79 Å². The van der Waals surface area contributed by atoms with E-state index in [0.717, 1.165) is 14.9 Å². The van der Waals surface area contributed by atoms with Gasteiger partial charge in [0.15, 0.2) is 0 Å². The van der Waals surface area contributed by atoms with Crippen LogP contribution in [0, 0.1) is 0 Å². The quantitative estimate of drug-likeness (QED) is 0.830. The first-order valence-corrected chi connectivity index (χ1v) is 6.71. The van der Waals surface area contributed by atoms with Crippen molar-refractivity contribution in [3.05, 3.63) is 64.1 Å². The Morgan fingerprint density at radius 2 is 1.89 bits per heavy atom. The third-order valence-corrected chi connectivity index (χ3v) is 3.46. The van der Waals surface area contributed by atoms with Gasteiger partial charge in [0.1, 0.15) is 0 Å². The average molecular weight is 322 g/mol. The van der Waals surface area contributed by atoms with Gasteiger partial charge in [-0.25, -0.2) is 0 Å². The third-order valence-electron chi connectivity index (χ3n) is 2.49. The summed E-state index contributed by atoms with van der Waals surface area (Å²) in [5, 5.41) is 2.88. The Labute approximate surface area is 120 Å². The molecule has 1 amide bonds. The van der Waals surface area contributed by atoms with E-state index < -0.39 is 0 Å². The molecule has 0 heterocycles. The minimum atomic E-state index is -0.110. The number of halogens is 1. The van der Waals surface area contributed by atoms with Crippen molar-refractivity contribution in [2.45, 2.75) is 11.4 Å². The standard InChI is InChI=1S/C14H12BrNOS/c15-13-7-6-11(18)8-12(13)14(17)16-9-10-4-2-1-3-5-10/h1-8,18H,9H2,(H,16,17). The molecule has 0 saturated carbocycles. The minimum Gasteiger partial charge on any atom is -0.348 e. The van der Waals surface area contributed by atoms with Gasteiger partial charge in [-0.05, 0) is 39.7 Å². The van der Waals surface area contributed by atoms with E-state index in [0.29, 0.717) is 12.1 Å². The molecule has 4 heteroatoms. The van der Waals surface area contributed by atoms with E-state index in [1.807, 2.05) is 42.5 Å². The molecule has 0 bridgehead atoms. The second-order valence-electron chi connectivity index (χ2n) is 3.83. The maximum atomic E-state index is 12.0. The predicted octanol–water partition coefficient (Wildman–Crippen LogP) is 3.67. The van der Waals surface area contributed by atoms with Crippen LogP contribution < -0.4 is 5.32 Å². The highest BCUT2D eigenvalue weighted by molar-refractivity contribution is 9.10. The molecule has 0 spiro atoms. The predicted molar refractivity (Wildman–Crippen MR) is 79.0 cm³/mol. The molecule has 1 N–H and O–H groups in total. The van der Waals surface area contributed by atoms with Crippen LogP contribution in [0.1, 0.15) is 15.9 Å². The fourth-order valence-electron chi connectivity index (χ4n) is 1.56. The number of thiol groups is 1. The van der Waals surface area contributed by atoms with Crippen molar-refractivity contribution >= 4 is 34.5 Å². The normalized spacial score (nSPS) is 10.1. The number of rotatable bonds is 3. The van der Waals surface area contributed by atoms with Crippen LogP contribution in [0.4, 0.5) is 0 Å². The van der Waals surface area contributed by atoms with E-state index in [-0.39, 0.29) is 5.91 Å². The highest BCUT2D eigenvalue weighted by Crippen LogP contribution is 2.20. The summed E-state index contributed by atoms with van der Waals surface area (Å²) in [6.07, 6.45) is 0. The Bertz CT molecular complexity index is 557. The van der Waals surface area contributed by atoms with Crippen molar-refractivity contribution in [1.29, 1.82) is 0 Å². The molecule has 0 atom stereocenters. The van der Waals surface area contributed by atoms with Gasteiger partial charge < -0.3 is 5.32 Å². The molecule has 2 nitrogen and oxygen atoms in total. The van der Waals surface area contributed by atoms with Crippen LogP contribution in [0.3, 0.4) is 0 Å². The average Bonchev–Trinajstić information content (AvgIpc) is 2.40. The van der Waals surface area contributed by atoms with E-state index >= 15 is 0 Å². The van der Waals surface area contributed by atoms with Crippen molar-refractivity contribution in [3.8, 4) is 0 Å². The van der Waals surface area contributed by atoms with Gasteiger partial charge in [-0.3, -0.25) is 4.79 Å². The summed E-state index contributed by atoms with van der Waals surface area (Å²) in [5.74, 6) is -0.110. The Morgan fingerprint density at radius 3 is 2.61 bits per heavy atom. The summed E-state index contributed by atoms with van der Waals surface area (Å²) < 4.78 is 0.769. The molecule has 18 heavy (non-hydrogen) atoms. The smallest absolute Gasteiger partial charge is 0.252 e. The maximum Gasteiger partial charge on any atom is 0.252 e. The first-order valence-electron chi connectivity index (χ1n) is 5.47. The van der Waals surface area contributed by atoms with Crippen molar-refractivity contribution in [2.24, 2.45) is 0 Å². The van der Waals surface area contributed by atoms with E-state index in [4.69, 9.17) is 0 Å². The summed E-state index contributed by atoms with van der Waals surface area (Å²) in [5.41, 5.74) is 1.67. The van der Waals surface area contributed by atoms with Crippen LogP contribution in [-0.4, -0.2) is 5.91 Å². The first kappa shape index (κ1) is 13.2. The van der Waals surface area contributed by atoms with Crippen LogP contribution in [0.2, 0.25) is 0 Å².